The fourth-order valence-corrected chi connectivity index (χ4v) is 4.48. The molecule has 0 saturated carbocycles. The summed E-state index contributed by atoms with van der Waals surface area (Å²) in [6.07, 6.45) is 3.28. The minimum Gasteiger partial charge on any atom is -0.353 e. The van der Waals surface area contributed by atoms with Crippen LogP contribution in [0, 0.1) is 11.9 Å². The highest BCUT2D eigenvalue weighted by Crippen LogP contribution is 2.24. The van der Waals surface area contributed by atoms with Gasteiger partial charge in [0.2, 0.25) is 5.95 Å². The number of halogens is 1. The van der Waals surface area contributed by atoms with Crippen LogP contribution in [0.25, 0.3) is 11.0 Å². The van der Waals surface area contributed by atoms with Crippen molar-refractivity contribution in [1.82, 2.24) is 14.5 Å². The van der Waals surface area contributed by atoms with Gasteiger partial charge in [-0.25, -0.2) is 9.37 Å². The van der Waals surface area contributed by atoms with Gasteiger partial charge in [-0.2, -0.15) is 0 Å². The van der Waals surface area contributed by atoms with E-state index in [0.29, 0.717) is 12.6 Å². The zero-order chi connectivity index (χ0) is 21.8. The van der Waals surface area contributed by atoms with Crippen molar-refractivity contribution < 1.29 is 4.39 Å². The smallest absolute Gasteiger partial charge is 0.204 e. The molecular formula is C27H28FN4. The van der Waals surface area contributed by atoms with Crippen molar-refractivity contribution in [3.63, 3.8) is 0 Å². The van der Waals surface area contributed by atoms with Gasteiger partial charge in [-0.05, 0) is 60.7 Å². The van der Waals surface area contributed by atoms with E-state index in [-0.39, 0.29) is 5.82 Å². The van der Waals surface area contributed by atoms with Gasteiger partial charge in [0.15, 0.2) is 0 Å². The number of nitrogens with zero attached hydrogens (tertiary/aromatic N) is 3. The third-order valence-corrected chi connectivity index (χ3v) is 6.33. The van der Waals surface area contributed by atoms with E-state index >= 15 is 0 Å². The van der Waals surface area contributed by atoms with Crippen molar-refractivity contribution in [1.29, 1.82) is 0 Å². The Morgan fingerprint density at radius 2 is 1.69 bits per heavy atom. The number of imidazole rings is 1. The van der Waals surface area contributed by atoms with Gasteiger partial charge in [-0.15, -0.1) is 0 Å². The lowest BCUT2D eigenvalue weighted by atomic mass is 10.0. The second kappa shape index (κ2) is 9.53. The van der Waals surface area contributed by atoms with Crippen LogP contribution in [0.2, 0.25) is 0 Å². The highest BCUT2D eigenvalue weighted by atomic mass is 19.1. The van der Waals surface area contributed by atoms with Gasteiger partial charge in [0.05, 0.1) is 17.6 Å². The van der Waals surface area contributed by atoms with Crippen molar-refractivity contribution in [2.75, 3.05) is 25.0 Å². The maximum Gasteiger partial charge on any atom is 0.204 e. The zero-order valence-corrected chi connectivity index (χ0v) is 18.2. The Bertz CT molecular complexity index is 1150. The number of piperidine rings is 1. The monoisotopic (exact) mass is 427 g/mol. The van der Waals surface area contributed by atoms with Crippen LogP contribution >= 0.6 is 0 Å². The van der Waals surface area contributed by atoms with Gasteiger partial charge in [0.1, 0.15) is 5.82 Å². The Kier molecular flexibility index (Phi) is 6.17. The first-order chi connectivity index (χ1) is 15.7. The minimum atomic E-state index is -0.208. The summed E-state index contributed by atoms with van der Waals surface area (Å²) in [5.41, 5.74) is 4.51. The number of para-hydroxylation sites is 2. The number of fused-ring (bicyclic) bond motifs is 1. The molecule has 0 spiro atoms. The molecule has 0 amide bonds. The first-order valence-electron chi connectivity index (χ1n) is 11.4. The number of nitrogens with one attached hydrogen (secondary N) is 1. The van der Waals surface area contributed by atoms with Crippen molar-refractivity contribution in [3.05, 3.63) is 95.8 Å². The lowest BCUT2D eigenvalue weighted by Gasteiger charge is -2.32. The number of hydrogen-bond acceptors (Lipinski definition) is 3. The minimum absolute atomic E-state index is 0.208. The molecule has 1 aromatic heterocycles. The first-order valence-corrected chi connectivity index (χ1v) is 11.4. The van der Waals surface area contributed by atoms with Gasteiger partial charge in [-0.3, -0.25) is 0 Å². The molecule has 1 aliphatic heterocycles. The van der Waals surface area contributed by atoms with E-state index < -0.39 is 0 Å². The van der Waals surface area contributed by atoms with E-state index in [1.54, 1.807) is 0 Å². The molecule has 3 aromatic carbocycles. The van der Waals surface area contributed by atoms with Crippen molar-refractivity contribution in [3.8, 4) is 0 Å². The van der Waals surface area contributed by atoms with Crippen LogP contribution in [0.1, 0.15) is 24.0 Å². The van der Waals surface area contributed by atoms with Crippen LogP contribution in [0.5, 0.6) is 0 Å². The van der Waals surface area contributed by atoms with Gasteiger partial charge in [0.25, 0.3) is 0 Å². The van der Waals surface area contributed by atoms with Crippen LogP contribution < -0.4 is 5.32 Å². The van der Waals surface area contributed by atoms with E-state index in [1.807, 2.05) is 42.5 Å². The lowest BCUT2D eigenvalue weighted by Crippen LogP contribution is -2.40. The summed E-state index contributed by atoms with van der Waals surface area (Å²) in [5.74, 6) is 0.689. The summed E-state index contributed by atoms with van der Waals surface area (Å²) in [6, 6.07) is 26.7. The van der Waals surface area contributed by atoms with Crippen molar-refractivity contribution >= 4 is 17.0 Å². The van der Waals surface area contributed by atoms with Crippen molar-refractivity contribution in [2.45, 2.75) is 31.8 Å². The molecule has 5 rings (SSSR count). The number of rotatable bonds is 7. The predicted molar refractivity (Wildman–Crippen MR) is 127 cm³/mol. The Hall–Kier alpha value is -3.18. The molecule has 1 N–H and O–H groups in total. The zero-order valence-electron chi connectivity index (χ0n) is 18.2. The van der Waals surface area contributed by atoms with E-state index in [2.05, 4.69) is 39.0 Å². The lowest BCUT2D eigenvalue weighted by molar-refractivity contribution is 0.221. The highest BCUT2D eigenvalue weighted by Gasteiger charge is 2.21. The average Bonchev–Trinajstić information content (AvgIpc) is 3.17. The Morgan fingerprint density at radius 3 is 2.47 bits per heavy atom. The molecule has 1 saturated heterocycles. The second-order valence-corrected chi connectivity index (χ2v) is 8.56. The molecule has 5 heteroatoms. The van der Waals surface area contributed by atoms with E-state index in [9.17, 15) is 4.39 Å². The number of likely N-dealkylation sites (tertiary alicyclic amines) is 1. The molecule has 2 heterocycles. The Balaban J connectivity index is 1.25. The number of aromatic nitrogens is 2. The predicted octanol–water partition coefficient (Wildman–Crippen LogP) is 5.14. The molecule has 1 aliphatic rings. The molecule has 4 aromatic rings. The molecular weight excluding hydrogens is 399 g/mol. The largest absolute Gasteiger partial charge is 0.353 e. The van der Waals surface area contributed by atoms with E-state index in [0.717, 1.165) is 61.4 Å². The fourth-order valence-electron chi connectivity index (χ4n) is 4.48. The molecule has 1 fully saturated rings. The Labute approximate surface area is 188 Å². The van der Waals surface area contributed by atoms with Crippen LogP contribution in [-0.4, -0.2) is 40.1 Å². The maximum atomic E-state index is 13.4. The van der Waals surface area contributed by atoms with E-state index in [4.69, 9.17) is 4.98 Å². The normalized spacial score (nSPS) is 15.3. The molecule has 32 heavy (non-hydrogen) atoms. The van der Waals surface area contributed by atoms with Crippen molar-refractivity contribution in [2.24, 2.45) is 0 Å². The number of benzene rings is 3. The van der Waals surface area contributed by atoms with Crippen LogP contribution in [0.15, 0.2) is 72.8 Å². The van der Waals surface area contributed by atoms with Gasteiger partial charge >= 0.3 is 0 Å². The molecule has 163 valence electrons. The third-order valence-electron chi connectivity index (χ3n) is 6.33. The van der Waals surface area contributed by atoms with Gasteiger partial charge in [-0.1, -0.05) is 48.5 Å². The van der Waals surface area contributed by atoms with Crippen LogP contribution in [0.3, 0.4) is 0 Å². The average molecular weight is 428 g/mol. The van der Waals surface area contributed by atoms with Gasteiger partial charge < -0.3 is 14.8 Å². The SMILES string of the molecule is Fc1ccc(Cn2c(NC3CCN(CCc4cc[c]cc4)CC3)nc3ccccc32)cc1. The molecule has 0 atom stereocenters. The quantitative estimate of drug-likeness (QED) is 0.443. The summed E-state index contributed by atoms with van der Waals surface area (Å²) >= 11 is 0. The van der Waals surface area contributed by atoms with Crippen LogP contribution in [0.4, 0.5) is 10.3 Å². The van der Waals surface area contributed by atoms with Gasteiger partial charge in [0, 0.05) is 25.7 Å². The summed E-state index contributed by atoms with van der Waals surface area (Å²) < 4.78 is 15.6. The summed E-state index contributed by atoms with van der Waals surface area (Å²) in [6.45, 7) is 3.94. The van der Waals surface area contributed by atoms with E-state index in [1.165, 1.54) is 17.7 Å². The molecule has 0 aliphatic carbocycles. The molecule has 1 radical (unpaired) electrons. The molecule has 4 nitrogen and oxygen atoms in total. The molecule has 0 unspecified atom stereocenters. The number of anilines is 1. The Morgan fingerprint density at radius 1 is 0.938 bits per heavy atom. The summed E-state index contributed by atoms with van der Waals surface area (Å²) in [7, 11) is 0. The highest BCUT2D eigenvalue weighted by molar-refractivity contribution is 5.78. The van der Waals surface area contributed by atoms with Crippen LogP contribution in [-0.2, 0) is 13.0 Å². The third kappa shape index (κ3) is 4.83. The first kappa shape index (κ1) is 20.7. The number of hydrogen-bond donors (Lipinski definition) is 1. The fraction of sp³-hybridized carbons (Fsp3) is 0.296. The second-order valence-electron chi connectivity index (χ2n) is 8.56. The summed E-state index contributed by atoms with van der Waals surface area (Å²) in [4.78, 5) is 7.43. The summed E-state index contributed by atoms with van der Waals surface area (Å²) in [5, 5.41) is 3.71. The topological polar surface area (TPSA) is 33.1 Å². The standard InChI is InChI=1S/C27H28FN4/c28-23-12-10-22(11-13-23)20-32-26-9-5-4-8-25(26)30-27(32)29-24-15-18-31(19-16-24)17-14-21-6-2-1-3-7-21/h2-13,24H,14-20H2,(H,29,30). The molecule has 0 bridgehead atoms. The maximum absolute atomic E-state index is 13.4.